The number of nitro groups is 3. The zero-order chi connectivity index (χ0) is 30.7. The van der Waals surface area contributed by atoms with Crippen molar-refractivity contribution in [2.45, 2.75) is 18.3 Å². The van der Waals surface area contributed by atoms with Crippen molar-refractivity contribution in [3.63, 3.8) is 0 Å². The number of nitrogens with one attached hydrogen (secondary N) is 1. The number of non-ortho nitro benzene ring substituents is 3. The molecule has 1 N–H and O–H groups in total. The van der Waals surface area contributed by atoms with E-state index in [0.29, 0.717) is 29.6 Å². The van der Waals surface area contributed by atoms with E-state index in [1.54, 1.807) is 29.1 Å². The van der Waals surface area contributed by atoms with E-state index in [1.165, 1.54) is 54.6 Å². The summed E-state index contributed by atoms with van der Waals surface area (Å²) in [6, 6.07) is 14.9. The molecule has 43 heavy (non-hydrogen) atoms. The van der Waals surface area contributed by atoms with Crippen LogP contribution in [0, 0.1) is 30.3 Å². The first-order valence-corrected chi connectivity index (χ1v) is 13.6. The zero-order valence-corrected chi connectivity index (χ0v) is 22.9. The summed E-state index contributed by atoms with van der Waals surface area (Å²) in [5, 5.41) is 40.4. The van der Waals surface area contributed by atoms with E-state index in [4.69, 9.17) is 0 Å². The van der Waals surface area contributed by atoms with Crippen molar-refractivity contribution in [3.05, 3.63) is 119 Å². The lowest BCUT2D eigenvalue weighted by molar-refractivity contribution is -0.385. The quantitative estimate of drug-likeness (QED) is 0.115. The normalized spacial score (nSPS) is 15.6. The fraction of sp³-hybridized carbons (Fsp3) is 0.148. The number of amides is 3. The summed E-state index contributed by atoms with van der Waals surface area (Å²) < 4.78 is 1.58. The molecule has 0 spiro atoms. The highest BCUT2D eigenvalue weighted by Crippen LogP contribution is 2.46. The molecular formula is C27H21N7O8S. The van der Waals surface area contributed by atoms with E-state index in [9.17, 15) is 39.9 Å². The van der Waals surface area contributed by atoms with Crippen molar-refractivity contribution in [2.75, 3.05) is 6.54 Å². The summed E-state index contributed by atoms with van der Waals surface area (Å²) >= 11 is 0.995. The third-order valence-electron chi connectivity index (χ3n) is 6.53. The molecule has 0 bridgehead atoms. The largest absolute Gasteiger partial charge is 0.338 e. The summed E-state index contributed by atoms with van der Waals surface area (Å²) in [4.78, 5) is 59.9. The molecular weight excluding hydrogens is 582 g/mol. The number of carbonyl (C=O) groups excluding carboxylic acids is 2. The molecule has 4 aromatic rings. The number of carbonyl (C=O) groups is 2. The van der Waals surface area contributed by atoms with Gasteiger partial charge in [-0.1, -0.05) is 36.0 Å². The molecule has 5 rings (SSSR count). The number of aryl methyl sites for hydroxylation is 1. The van der Waals surface area contributed by atoms with E-state index in [2.05, 4.69) is 10.4 Å². The molecule has 16 heteroatoms. The maximum absolute atomic E-state index is 13.5. The highest BCUT2D eigenvalue weighted by atomic mass is 32.2. The molecule has 3 amide bonds. The summed E-state index contributed by atoms with van der Waals surface area (Å²) in [7, 11) is 0. The molecule has 1 aliphatic heterocycles. The van der Waals surface area contributed by atoms with E-state index < -0.39 is 32.1 Å². The molecule has 3 aromatic carbocycles. The van der Waals surface area contributed by atoms with Crippen LogP contribution in [-0.2, 0) is 11.3 Å². The van der Waals surface area contributed by atoms with Gasteiger partial charge in [-0.15, -0.1) is 0 Å². The third-order valence-corrected chi connectivity index (χ3v) is 7.78. The van der Waals surface area contributed by atoms with Crippen molar-refractivity contribution in [2.24, 2.45) is 0 Å². The van der Waals surface area contributed by atoms with Gasteiger partial charge in [0.1, 0.15) is 5.37 Å². The Kier molecular flexibility index (Phi) is 8.11. The Morgan fingerprint density at radius 1 is 0.930 bits per heavy atom. The molecule has 1 atom stereocenters. The Hall–Kier alpha value is -5.64. The highest BCUT2D eigenvalue weighted by molar-refractivity contribution is 8.04. The zero-order valence-electron chi connectivity index (χ0n) is 22.1. The van der Waals surface area contributed by atoms with Crippen LogP contribution in [0.4, 0.5) is 21.9 Å². The smallest absolute Gasteiger partial charge is 0.325 e. The Balaban J connectivity index is 1.35. The van der Waals surface area contributed by atoms with Gasteiger partial charge in [-0.25, -0.2) is 9.69 Å². The first-order valence-electron chi connectivity index (χ1n) is 12.7. The van der Waals surface area contributed by atoms with Gasteiger partial charge in [0.2, 0.25) is 0 Å². The Bertz CT molecular complexity index is 1820. The van der Waals surface area contributed by atoms with E-state index >= 15 is 0 Å². The van der Waals surface area contributed by atoms with Crippen LogP contribution < -0.4 is 5.32 Å². The molecule has 218 valence electrons. The molecule has 15 nitrogen and oxygen atoms in total. The van der Waals surface area contributed by atoms with E-state index in [1.807, 2.05) is 0 Å². The minimum atomic E-state index is -0.937. The SMILES string of the molecule is O=C(NCCCn1ncc2ccc([N+](=O)[O-])cc21)N1C(=O)/C(=C/c2cccc([N+](=O)[O-])c2)SC1c1cccc([N+](=O)[O-])c1. The van der Waals surface area contributed by atoms with Crippen molar-refractivity contribution >= 4 is 57.7 Å². The maximum atomic E-state index is 13.5. The number of imide groups is 1. The second-order valence-electron chi connectivity index (χ2n) is 9.31. The number of benzene rings is 3. The van der Waals surface area contributed by atoms with Gasteiger partial charge in [-0.05, 0) is 29.7 Å². The number of aromatic nitrogens is 2. The van der Waals surface area contributed by atoms with Gasteiger partial charge in [0.15, 0.2) is 0 Å². The second-order valence-corrected chi connectivity index (χ2v) is 10.4. The second kappa shape index (κ2) is 12.1. The summed E-state index contributed by atoms with van der Waals surface area (Å²) in [6.07, 6.45) is 3.38. The lowest BCUT2D eigenvalue weighted by Crippen LogP contribution is -2.42. The van der Waals surface area contributed by atoms with Gasteiger partial charge in [0.05, 0.1) is 31.4 Å². The van der Waals surface area contributed by atoms with Gasteiger partial charge in [0.25, 0.3) is 23.0 Å². The monoisotopic (exact) mass is 603 g/mol. The van der Waals surface area contributed by atoms with Crippen LogP contribution in [-0.4, -0.2) is 47.9 Å². The predicted molar refractivity (Wildman–Crippen MR) is 156 cm³/mol. The van der Waals surface area contributed by atoms with E-state index in [0.717, 1.165) is 22.0 Å². The van der Waals surface area contributed by atoms with Crippen LogP contribution in [0.15, 0.2) is 77.8 Å². The first-order chi connectivity index (χ1) is 20.6. The van der Waals surface area contributed by atoms with Crippen molar-refractivity contribution in [1.82, 2.24) is 20.0 Å². The number of thioether (sulfide) groups is 1. The average Bonchev–Trinajstić information content (AvgIpc) is 3.55. The number of fused-ring (bicyclic) bond motifs is 1. The molecule has 0 aliphatic carbocycles. The van der Waals surface area contributed by atoms with Gasteiger partial charge < -0.3 is 5.32 Å². The molecule has 0 radical (unpaired) electrons. The molecule has 1 aromatic heterocycles. The average molecular weight is 604 g/mol. The molecule has 1 aliphatic rings. The lowest BCUT2D eigenvalue weighted by Gasteiger charge is -2.22. The molecule has 0 saturated carbocycles. The van der Waals surface area contributed by atoms with Crippen LogP contribution in [0.25, 0.3) is 17.0 Å². The number of hydrogen-bond acceptors (Lipinski definition) is 10. The topological polar surface area (TPSA) is 197 Å². The number of rotatable bonds is 9. The van der Waals surface area contributed by atoms with Crippen molar-refractivity contribution in [3.8, 4) is 0 Å². The van der Waals surface area contributed by atoms with Gasteiger partial charge in [-0.3, -0.25) is 39.8 Å². The van der Waals surface area contributed by atoms with Gasteiger partial charge >= 0.3 is 6.03 Å². The van der Waals surface area contributed by atoms with Crippen LogP contribution in [0.5, 0.6) is 0 Å². The number of urea groups is 1. The first kappa shape index (κ1) is 28.9. The van der Waals surface area contributed by atoms with E-state index in [-0.39, 0.29) is 28.5 Å². The van der Waals surface area contributed by atoms with Crippen molar-refractivity contribution < 1.29 is 24.4 Å². The maximum Gasteiger partial charge on any atom is 0.325 e. The Labute approximate surface area is 246 Å². The minimum Gasteiger partial charge on any atom is -0.338 e. The molecule has 1 saturated heterocycles. The standard InChI is InChI=1S/C27H21N7O8S/c35-25-24(13-17-4-1-6-20(12-17)32(37)38)43-26(18-5-2-7-21(14-18)33(39)40)31(25)27(36)28-10-3-11-30-23-15-22(34(41)42)9-8-19(23)16-29-30/h1-2,4-9,12-16,26H,3,10-11H2,(H,28,36)/b24-13-. The molecule has 1 unspecified atom stereocenters. The number of nitro benzene ring substituents is 3. The molecule has 1 fully saturated rings. The van der Waals surface area contributed by atoms with Crippen LogP contribution in [0.2, 0.25) is 0 Å². The van der Waals surface area contributed by atoms with Crippen LogP contribution in [0.1, 0.15) is 22.9 Å². The van der Waals surface area contributed by atoms with Gasteiger partial charge in [-0.2, -0.15) is 5.10 Å². The summed E-state index contributed by atoms with van der Waals surface area (Å²) in [6.45, 7) is 0.440. The van der Waals surface area contributed by atoms with Gasteiger partial charge in [0, 0.05) is 54.9 Å². The number of nitrogens with zero attached hydrogens (tertiary/aromatic N) is 6. The van der Waals surface area contributed by atoms with Crippen LogP contribution >= 0.6 is 11.8 Å². The Morgan fingerprint density at radius 3 is 2.33 bits per heavy atom. The minimum absolute atomic E-state index is 0.0752. The fourth-order valence-corrected chi connectivity index (χ4v) is 5.71. The number of hydrogen-bond donors (Lipinski definition) is 1. The summed E-state index contributed by atoms with van der Waals surface area (Å²) in [5.74, 6) is -0.670. The summed E-state index contributed by atoms with van der Waals surface area (Å²) in [5.41, 5.74) is 0.816. The fourth-order valence-electron chi connectivity index (χ4n) is 4.49. The molecule has 2 heterocycles. The van der Waals surface area contributed by atoms with Crippen LogP contribution in [0.3, 0.4) is 0 Å². The highest BCUT2D eigenvalue weighted by Gasteiger charge is 2.41. The third kappa shape index (κ3) is 6.18. The Morgan fingerprint density at radius 2 is 1.60 bits per heavy atom. The lowest BCUT2D eigenvalue weighted by atomic mass is 10.1. The predicted octanol–water partition coefficient (Wildman–Crippen LogP) is 5.18. The van der Waals surface area contributed by atoms with Crippen molar-refractivity contribution in [1.29, 1.82) is 0 Å².